The van der Waals surface area contributed by atoms with Crippen molar-refractivity contribution in [2.24, 2.45) is 0 Å². The van der Waals surface area contributed by atoms with Crippen molar-refractivity contribution in [2.45, 2.75) is 26.6 Å². The lowest BCUT2D eigenvalue weighted by atomic mass is 10.5. The number of aliphatic hydroxyl groups is 2. The first-order valence-electron chi connectivity index (χ1n) is 2.62. The zero-order valence-corrected chi connectivity index (χ0v) is 5.46. The molecule has 0 saturated carbocycles. The Labute approximate surface area is 50.5 Å². The van der Waals surface area contributed by atoms with E-state index < -0.39 is 6.29 Å². The molecule has 0 amide bonds. The van der Waals surface area contributed by atoms with E-state index in [2.05, 4.69) is 6.58 Å². The first-order chi connectivity index (χ1) is 3.68. The standard InChI is InChI=1S/C3H8O2.C3H6/c1-2-3(4)5;1-3-2/h3-5H,2H2,1H3;3H,1H2,2H3. The van der Waals surface area contributed by atoms with Gasteiger partial charge in [0.15, 0.2) is 6.29 Å². The van der Waals surface area contributed by atoms with Crippen LogP contribution in [0.5, 0.6) is 0 Å². The third kappa shape index (κ3) is 44.6. The topological polar surface area (TPSA) is 40.5 Å². The van der Waals surface area contributed by atoms with Gasteiger partial charge in [0.05, 0.1) is 0 Å². The molecular formula is C6H14O2. The lowest BCUT2D eigenvalue weighted by molar-refractivity contribution is -0.0413. The molecule has 2 nitrogen and oxygen atoms in total. The Morgan fingerprint density at radius 1 is 1.62 bits per heavy atom. The second-order valence-corrected chi connectivity index (χ2v) is 1.30. The summed E-state index contributed by atoms with van der Waals surface area (Å²) in [7, 11) is 0. The highest BCUT2D eigenvalue weighted by Crippen LogP contribution is 1.77. The fourth-order valence-electron chi connectivity index (χ4n) is 0. The normalized spacial score (nSPS) is 7.62. The molecule has 0 aliphatic rings. The van der Waals surface area contributed by atoms with Crippen molar-refractivity contribution in [3.8, 4) is 0 Å². The van der Waals surface area contributed by atoms with E-state index in [-0.39, 0.29) is 0 Å². The van der Waals surface area contributed by atoms with Crippen molar-refractivity contribution >= 4 is 0 Å². The second kappa shape index (κ2) is 9.83. The van der Waals surface area contributed by atoms with Gasteiger partial charge in [0.1, 0.15) is 0 Å². The summed E-state index contributed by atoms with van der Waals surface area (Å²) in [5.41, 5.74) is 0. The van der Waals surface area contributed by atoms with E-state index in [0.29, 0.717) is 6.42 Å². The summed E-state index contributed by atoms with van der Waals surface area (Å²) in [6, 6.07) is 0. The van der Waals surface area contributed by atoms with E-state index in [0.717, 1.165) is 0 Å². The van der Waals surface area contributed by atoms with E-state index in [9.17, 15) is 0 Å². The van der Waals surface area contributed by atoms with Crippen LogP contribution >= 0.6 is 0 Å². The Bertz CT molecular complexity index is 41.8. The summed E-state index contributed by atoms with van der Waals surface area (Å²) in [5.74, 6) is 0. The van der Waals surface area contributed by atoms with Gasteiger partial charge >= 0.3 is 0 Å². The van der Waals surface area contributed by atoms with Crippen molar-refractivity contribution in [3.05, 3.63) is 12.7 Å². The molecular weight excluding hydrogens is 104 g/mol. The number of aliphatic hydroxyl groups excluding tert-OH is 1. The molecule has 0 bridgehead atoms. The summed E-state index contributed by atoms with van der Waals surface area (Å²) in [6.45, 7) is 6.95. The third-order valence-corrected chi connectivity index (χ3v) is 0.365. The van der Waals surface area contributed by atoms with Gasteiger partial charge in [-0.3, -0.25) is 0 Å². The van der Waals surface area contributed by atoms with Gasteiger partial charge in [-0.15, -0.1) is 6.58 Å². The number of hydrogen-bond acceptors (Lipinski definition) is 2. The molecule has 2 N–H and O–H groups in total. The van der Waals surface area contributed by atoms with Crippen LogP contribution in [0, 0.1) is 0 Å². The summed E-state index contributed by atoms with van der Waals surface area (Å²) in [6.07, 6.45) is 1.05. The van der Waals surface area contributed by atoms with Crippen LogP contribution < -0.4 is 0 Å². The number of rotatable bonds is 1. The van der Waals surface area contributed by atoms with Gasteiger partial charge in [0.25, 0.3) is 0 Å². The maximum Gasteiger partial charge on any atom is 0.151 e. The van der Waals surface area contributed by atoms with Crippen molar-refractivity contribution in [1.82, 2.24) is 0 Å². The summed E-state index contributed by atoms with van der Waals surface area (Å²) >= 11 is 0. The van der Waals surface area contributed by atoms with Gasteiger partial charge in [-0.2, -0.15) is 0 Å². The Morgan fingerprint density at radius 3 is 1.75 bits per heavy atom. The minimum absolute atomic E-state index is 0.417. The van der Waals surface area contributed by atoms with Gasteiger partial charge in [-0.25, -0.2) is 0 Å². The molecule has 2 heteroatoms. The first-order valence-corrected chi connectivity index (χ1v) is 2.62. The molecule has 0 aromatic carbocycles. The van der Waals surface area contributed by atoms with Crippen LogP contribution in [0.1, 0.15) is 20.3 Å². The monoisotopic (exact) mass is 118 g/mol. The van der Waals surface area contributed by atoms with E-state index in [1.54, 1.807) is 13.0 Å². The minimum atomic E-state index is -1.12. The maximum absolute atomic E-state index is 7.92. The van der Waals surface area contributed by atoms with Gasteiger partial charge in [0.2, 0.25) is 0 Å². The molecule has 50 valence electrons. The predicted molar refractivity (Wildman–Crippen MR) is 34.4 cm³/mol. The Hall–Kier alpha value is -0.340. The average molecular weight is 118 g/mol. The number of hydrogen-bond donors (Lipinski definition) is 2. The highest BCUT2D eigenvalue weighted by Gasteiger charge is 1.83. The molecule has 0 radical (unpaired) electrons. The summed E-state index contributed by atoms with van der Waals surface area (Å²) < 4.78 is 0. The van der Waals surface area contributed by atoms with Crippen molar-refractivity contribution in [3.63, 3.8) is 0 Å². The van der Waals surface area contributed by atoms with Gasteiger partial charge < -0.3 is 10.2 Å². The van der Waals surface area contributed by atoms with Crippen LogP contribution in [0.15, 0.2) is 12.7 Å². The molecule has 0 rings (SSSR count). The van der Waals surface area contributed by atoms with Crippen LogP contribution in [-0.2, 0) is 0 Å². The minimum Gasteiger partial charge on any atom is -0.368 e. The first kappa shape index (κ1) is 10.6. The molecule has 0 aliphatic heterocycles. The lowest BCUT2D eigenvalue weighted by Gasteiger charge is -1.90. The van der Waals surface area contributed by atoms with Crippen molar-refractivity contribution in [1.29, 1.82) is 0 Å². The molecule has 0 atom stereocenters. The molecule has 0 aromatic rings. The Morgan fingerprint density at radius 2 is 1.75 bits per heavy atom. The molecule has 0 fully saturated rings. The van der Waals surface area contributed by atoms with Crippen LogP contribution in [-0.4, -0.2) is 16.5 Å². The zero-order valence-electron chi connectivity index (χ0n) is 5.46. The predicted octanol–water partition coefficient (Wildman–Crippen LogP) is 0.899. The average Bonchev–Trinajstić information content (AvgIpc) is 1.69. The largest absolute Gasteiger partial charge is 0.368 e. The molecule has 8 heavy (non-hydrogen) atoms. The number of allylic oxidation sites excluding steroid dienone is 1. The zero-order chi connectivity index (χ0) is 6.99. The second-order valence-electron chi connectivity index (χ2n) is 1.30. The van der Waals surface area contributed by atoms with E-state index in [4.69, 9.17) is 10.2 Å². The van der Waals surface area contributed by atoms with Crippen LogP contribution in [0.3, 0.4) is 0 Å². The molecule has 0 unspecified atom stereocenters. The SMILES string of the molecule is C=CC.CCC(O)O. The molecule has 0 spiro atoms. The fourth-order valence-corrected chi connectivity index (χ4v) is 0. The molecule has 0 aromatic heterocycles. The van der Waals surface area contributed by atoms with Crippen molar-refractivity contribution < 1.29 is 10.2 Å². The van der Waals surface area contributed by atoms with Gasteiger partial charge in [0, 0.05) is 0 Å². The molecule has 0 aliphatic carbocycles. The van der Waals surface area contributed by atoms with E-state index in [1.807, 2.05) is 6.92 Å². The highest BCUT2D eigenvalue weighted by molar-refractivity contribution is 4.51. The van der Waals surface area contributed by atoms with Crippen molar-refractivity contribution in [2.75, 3.05) is 0 Å². The Kier molecular flexibility index (Phi) is 13.0. The molecule has 0 saturated heterocycles. The van der Waals surface area contributed by atoms with Crippen LogP contribution in [0.25, 0.3) is 0 Å². The fraction of sp³-hybridized carbons (Fsp3) is 0.667. The smallest absolute Gasteiger partial charge is 0.151 e. The van der Waals surface area contributed by atoms with Crippen LogP contribution in [0.4, 0.5) is 0 Å². The van der Waals surface area contributed by atoms with Gasteiger partial charge in [-0.05, 0) is 13.3 Å². The maximum atomic E-state index is 7.92. The van der Waals surface area contributed by atoms with E-state index in [1.165, 1.54) is 0 Å². The third-order valence-electron chi connectivity index (χ3n) is 0.365. The quantitative estimate of drug-likeness (QED) is 0.396. The lowest BCUT2D eigenvalue weighted by Crippen LogP contribution is -1.99. The van der Waals surface area contributed by atoms with Crippen LogP contribution in [0.2, 0.25) is 0 Å². The Balaban J connectivity index is 0. The van der Waals surface area contributed by atoms with E-state index >= 15 is 0 Å². The summed E-state index contributed by atoms with van der Waals surface area (Å²) in [4.78, 5) is 0. The summed E-state index contributed by atoms with van der Waals surface area (Å²) in [5, 5.41) is 15.8. The highest BCUT2D eigenvalue weighted by atomic mass is 16.5. The van der Waals surface area contributed by atoms with Gasteiger partial charge in [-0.1, -0.05) is 13.0 Å². The molecule has 0 heterocycles.